The van der Waals surface area contributed by atoms with Gasteiger partial charge in [0.1, 0.15) is 24.1 Å². The first-order chi connectivity index (χ1) is 15.6. The molecule has 1 aliphatic rings. The number of aromatic amines is 1. The molecule has 180 valence electrons. The van der Waals surface area contributed by atoms with Gasteiger partial charge in [-0.1, -0.05) is 18.2 Å². The number of aromatic nitrogens is 2. The number of rotatable bonds is 9. The van der Waals surface area contributed by atoms with Crippen molar-refractivity contribution in [3.63, 3.8) is 0 Å². The van der Waals surface area contributed by atoms with Crippen molar-refractivity contribution in [2.75, 3.05) is 13.7 Å². The van der Waals surface area contributed by atoms with Gasteiger partial charge in [-0.15, -0.1) is 0 Å². The molecule has 2 aromatic rings. The Balaban J connectivity index is 1.73. The summed E-state index contributed by atoms with van der Waals surface area (Å²) in [6.07, 6.45) is -2.83. The lowest BCUT2D eigenvalue weighted by atomic mass is 10.2. The summed E-state index contributed by atoms with van der Waals surface area (Å²) in [5.74, 6) is -1.73. The molecule has 3 rings (SSSR count). The standard InChI is InChI=1S/C19H23FN3O9P/c1-11(18(26)29-2)22-33(28,32-12-6-4-3-5-7-12)30-10-15-14(24)8-16(31-15)23-9-13(20)17(25)21-19(23)27/h3-7,9,11,14-16,24H,8,10H2,1-2H3,(H,22,28)(H,21,25,27)/t11-,14-,15?,16?,33?/m0/s1. The van der Waals surface area contributed by atoms with Gasteiger partial charge in [-0.3, -0.25) is 23.7 Å². The van der Waals surface area contributed by atoms with Gasteiger partial charge < -0.3 is 19.1 Å². The van der Waals surface area contributed by atoms with E-state index < -0.39 is 61.9 Å². The molecule has 1 aliphatic heterocycles. The number of H-pyrrole nitrogens is 1. The quantitative estimate of drug-likeness (QED) is 0.339. The summed E-state index contributed by atoms with van der Waals surface area (Å²) in [6, 6.07) is 6.98. The zero-order chi connectivity index (χ0) is 24.2. The van der Waals surface area contributed by atoms with Gasteiger partial charge in [-0.25, -0.2) is 9.36 Å². The smallest absolute Gasteiger partial charge is 0.459 e. The van der Waals surface area contributed by atoms with Crippen LogP contribution in [-0.4, -0.2) is 52.6 Å². The van der Waals surface area contributed by atoms with Crippen molar-refractivity contribution in [3.05, 3.63) is 63.2 Å². The number of aliphatic hydroxyl groups excluding tert-OH is 1. The summed E-state index contributed by atoms with van der Waals surface area (Å²) >= 11 is 0. The number of aliphatic hydroxyl groups is 1. The number of benzene rings is 1. The van der Waals surface area contributed by atoms with E-state index in [2.05, 4.69) is 9.82 Å². The molecule has 33 heavy (non-hydrogen) atoms. The maximum Gasteiger partial charge on any atom is 0.459 e. The van der Waals surface area contributed by atoms with Crippen molar-refractivity contribution in [1.82, 2.24) is 14.6 Å². The molecule has 0 bridgehead atoms. The van der Waals surface area contributed by atoms with Crippen LogP contribution < -0.4 is 20.9 Å². The van der Waals surface area contributed by atoms with E-state index in [9.17, 15) is 28.4 Å². The van der Waals surface area contributed by atoms with E-state index in [1.165, 1.54) is 19.1 Å². The van der Waals surface area contributed by atoms with E-state index in [1.54, 1.807) is 23.2 Å². The maximum absolute atomic E-state index is 13.6. The van der Waals surface area contributed by atoms with Gasteiger partial charge in [0.25, 0.3) is 5.56 Å². The van der Waals surface area contributed by atoms with Gasteiger partial charge in [-0.2, -0.15) is 9.48 Å². The van der Waals surface area contributed by atoms with E-state index >= 15 is 0 Å². The minimum Gasteiger partial charge on any atom is -0.468 e. The lowest BCUT2D eigenvalue weighted by Crippen LogP contribution is -2.36. The highest BCUT2D eigenvalue weighted by Gasteiger charge is 2.39. The van der Waals surface area contributed by atoms with Crippen molar-refractivity contribution >= 4 is 13.7 Å². The second kappa shape index (κ2) is 10.4. The largest absolute Gasteiger partial charge is 0.468 e. The molecule has 2 heterocycles. The Morgan fingerprint density at radius 1 is 1.39 bits per heavy atom. The highest BCUT2D eigenvalue weighted by Crippen LogP contribution is 2.45. The molecule has 0 spiro atoms. The molecular formula is C19H23FN3O9P. The third-order valence-corrected chi connectivity index (χ3v) is 6.37. The van der Waals surface area contributed by atoms with Crippen molar-refractivity contribution in [2.24, 2.45) is 0 Å². The fraction of sp³-hybridized carbons (Fsp3) is 0.421. The second-order valence-electron chi connectivity index (χ2n) is 7.15. The highest BCUT2D eigenvalue weighted by molar-refractivity contribution is 7.52. The monoisotopic (exact) mass is 487 g/mol. The lowest BCUT2D eigenvalue weighted by Gasteiger charge is -2.24. The third kappa shape index (κ3) is 6.15. The van der Waals surface area contributed by atoms with Gasteiger partial charge in [0.15, 0.2) is 0 Å². The number of hydrogen-bond acceptors (Lipinski definition) is 9. The minimum atomic E-state index is -4.18. The summed E-state index contributed by atoms with van der Waals surface area (Å²) in [4.78, 5) is 36.7. The SMILES string of the molecule is COC(=O)[C@H](C)NP(=O)(OCC1OC(n2cc(F)c(=O)[nH]c2=O)C[C@@H]1O)Oc1ccccc1. The normalized spacial score (nSPS) is 23.0. The fourth-order valence-corrected chi connectivity index (χ4v) is 4.56. The number of nitrogens with one attached hydrogen (secondary N) is 2. The minimum absolute atomic E-state index is 0.130. The average Bonchev–Trinajstić information content (AvgIpc) is 3.15. The summed E-state index contributed by atoms with van der Waals surface area (Å²) in [6.45, 7) is 0.924. The third-order valence-electron chi connectivity index (χ3n) is 4.72. The van der Waals surface area contributed by atoms with E-state index in [0.29, 0.717) is 6.20 Å². The average molecular weight is 487 g/mol. The molecule has 14 heteroatoms. The lowest BCUT2D eigenvalue weighted by molar-refractivity contribution is -0.142. The molecule has 12 nitrogen and oxygen atoms in total. The molecule has 1 saturated heterocycles. The maximum atomic E-state index is 13.6. The van der Waals surface area contributed by atoms with Crippen LogP contribution >= 0.6 is 7.75 Å². The van der Waals surface area contributed by atoms with Gasteiger partial charge in [-0.05, 0) is 19.1 Å². The van der Waals surface area contributed by atoms with Crippen LogP contribution in [0.25, 0.3) is 0 Å². The Kier molecular flexibility index (Phi) is 7.82. The highest BCUT2D eigenvalue weighted by atomic mass is 31.2. The zero-order valence-electron chi connectivity index (χ0n) is 17.7. The molecule has 3 unspecified atom stereocenters. The Morgan fingerprint density at radius 2 is 2.09 bits per heavy atom. The van der Waals surface area contributed by atoms with Crippen LogP contribution in [-0.2, 0) is 23.4 Å². The van der Waals surface area contributed by atoms with Crippen LogP contribution in [0, 0.1) is 5.82 Å². The predicted octanol–water partition coefficient (Wildman–Crippen LogP) is 0.679. The van der Waals surface area contributed by atoms with E-state index in [-0.39, 0.29) is 12.2 Å². The molecule has 0 saturated carbocycles. The first-order valence-electron chi connectivity index (χ1n) is 9.81. The molecule has 0 amide bonds. The number of para-hydroxylation sites is 1. The number of carbonyl (C=O) groups is 1. The molecule has 1 aromatic heterocycles. The van der Waals surface area contributed by atoms with Crippen LogP contribution in [0.5, 0.6) is 5.75 Å². The van der Waals surface area contributed by atoms with E-state index in [0.717, 1.165) is 11.7 Å². The van der Waals surface area contributed by atoms with E-state index in [1.807, 2.05) is 0 Å². The first-order valence-corrected chi connectivity index (χ1v) is 11.4. The number of halogens is 1. The fourth-order valence-electron chi connectivity index (χ4n) is 3.06. The van der Waals surface area contributed by atoms with E-state index in [4.69, 9.17) is 13.8 Å². The summed E-state index contributed by atoms with van der Waals surface area (Å²) < 4.78 is 48.7. The summed E-state index contributed by atoms with van der Waals surface area (Å²) in [7, 11) is -3.02. The van der Waals surface area contributed by atoms with Crippen molar-refractivity contribution < 1.29 is 37.4 Å². The zero-order valence-corrected chi connectivity index (χ0v) is 18.6. The number of nitrogens with zero attached hydrogens (tertiary/aromatic N) is 1. The molecule has 1 aromatic carbocycles. The van der Waals surface area contributed by atoms with Gasteiger partial charge in [0.2, 0.25) is 5.82 Å². The van der Waals surface area contributed by atoms with Crippen molar-refractivity contribution in [3.8, 4) is 5.75 Å². The summed E-state index contributed by atoms with van der Waals surface area (Å²) in [5.41, 5.74) is -2.11. The van der Waals surface area contributed by atoms with Crippen LogP contribution in [0.2, 0.25) is 0 Å². The van der Waals surface area contributed by atoms with Crippen LogP contribution in [0.1, 0.15) is 19.6 Å². The number of esters is 1. The Labute approximate surface area is 186 Å². The molecular weight excluding hydrogens is 464 g/mol. The van der Waals surface area contributed by atoms with Gasteiger partial charge >= 0.3 is 19.4 Å². The molecule has 0 aliphatic carbocycles. The Morgan fingerprint density at radius 3 is 2.76 bits per heavy atom. The molecule has 3 N–H and O–H groups in total. The Hall–Kier alpha value is -2.83. The van der Waals surface area contributed by atoms with Gasteiger partial charge in [0, 0.05) is 6.42 Å². The number of ether oxygens (including phenoxy) is 2. The molecule has 1 fully saturated rings. The molecule has 0 radical (unpaired) electrons. The van der Waals surface area contributed by atoms with Crippen molar-refractivity contribution in [1.29, 1.82) is 0 Å². The Bertz CT molecular complexity index is 1140. The topological polar surface area (TPSA) is 158 Å². The number of methoxy groups -OCH3 is 1. The first kappa shape index (κ1) is 24.8. The number of hydrogen-bond donors (Lipinski definition) is 3. The van der Waals surface area contributed by atoms with Crippen molar-refractivity contribution in [2.45, 2.75) is 37.8 Å². The van der Waals surface area contributed by atoms with Crippen LogP contribution in [0.15, 0.2) is 46.1 Å². The van der Waals surface area contributed by atoms with Gasteiger partial charge in [0.05, 0.1) is 26.0 Å². The molecule has 5 atom stereocenters. The number of carbonyl (C=O) groups excluding carboxylic acids is 1. The second-order valence-corrected chi connectivity index (χ2v) is 8.84. The predicted molar refractivity (Wildman–Crippen MR) is 111 cm³/mol. The van der Waals surface area contributed by atoms with Crippen LogP contribution in [0.4, 0.5) is 4.39 Å². The van der Waals surface area contributed by atoms with Crippen LogP contribution in [0.3, 0.4) is 0 Å². The summed E-state index contributed by atoms with van der Waals surface area (Å²) in [5, 5.41) is 12.8.